The molecule has 80 valence electrons. The highest BCUT2D eigenvalue weighted by Crippen LogP contribution is 2.22. The van der Waals surface area contributed by atoms with Crippen LogP contribution in [0.3, 0.4) is 0 Å². The maximum Gasteiger partial charge on any atom is 0.0563 e. The Labute approximate surface area is 83.5 Å². The van der Waals surface area contributed by atoms with E-state index in [4.69, 9.17) is 0 Å². The van der Waals surface area contributed by atoms with Crippen molar-refractivity contribution in [2.45, 2.75) is 66.4 Å². The van der Waals surface area contributed by atoms with Gasteiger partial charge < -0.3 is 5.11 Å². The van der Waals surface area contributed by atoms with E-state index < -0.39 is 0 Å². The van der Waals surface area contributed by atoms with Crippen molar-refractivity contribution in [2.75, 3.05) is 0 Å². The molecule has 1 N–H and O–H groups in total. The van der Waals surface area contributed by atoms with Gasteiger partial charge in [-0.05, 0) is 24.2 Å². The van der Waals surface area contributed by atoms with Crippen molar-refractivity contribution in [1.82, 2.24) is 0 Å². The molecule has 13 heavy (non-hydrogen) atoms. The fourth-order valence-corrected chi connectivity index (χ4v) is 1.34. The maximum atomic E-state index is 9.56. The average molecular weight is 186 g/mol. The molecule has 0 bridgehead atoms. The molecule has 0 saturated carbocycles. The minimum Gasteiger partial charge on any atom is -0.393 e. The first-order chi connectivity index (χ1) is 5.83. The van der Waals surface area contributed by atoms with Gasteiger partial charge in [-0.2, -0.15) is 0 Å². The Kier molecular flexibility index (Phi) is 5.62. The van der Waals surface area contributed by atoms with Crippen LogP contribution in [-0.4, -0.2) is 11.2 Å². The van der Waals surface area contributed by atoms with Crippen molar-refractivity contribution in [3.8, 4) is 0 Å². The van der Waals surface area contributed by atoms with E-state index in [0.717, 1.165) is 12.8 Å². The molecule has 0 aliphatic carbocycles. The van der Waals surface area contributed by atoms with E-state index in [2.05, 4.69) is 34.6 Å². The molecule has 0 fully saturated rings. The monoisotopic (exact) mass is 186 g/mol. The van der Waals surface area contributed by atoms with Crippen LogP contribution in [0.15, 0.2) is 0 Å². The van der Waals surface area contributed by atoms with Gasteiger partial charge in [-0.25, -0.2) is 0 Å². The van der Waals surface area contributed by atoms with E-state index in [1.165, 1.54) is 12.8 Å². The van der Waals surface area contributed by atoms with E-state index in [0.29, 0.717) is 11.3 Å². The molecule has 0 spiro atoms. The number of hydrogen-bond acceptors (Lipinski definition) is 1. The quantitative estimate of drug-likeness (QED) is 0.650. The summed E-state index contributed by atoms with van der Waals surface area (Å²) in [6.07, 6.45) is 4.54. The normalized spacial score (nSPS) is 15.0. The zero-order valence-corrected chi connectivity index (χ0v) is 9.93. The summed E-state index contributed by atoms with van der Waals surface area (Å²) < 4.78 is 0. The summed E-state index contributed by atoms with van der Waals surface area (Å²) in [5.41, 5.74) is 0.447. The van der Waals surface area contributed by atoms with Crippen LogP contribution in [0.2, 0.25) is 0 Å². The number of unbranched alkanes of at least 4 members (excludes halogenated alkanes) is 1. The maximum absolute atomic E-state index is 9.56. The van der Waals surface area contributed by atoms with Crippen LogP contribution >= 0.6 is 0 Å². The lowest BCUT2D eigenvalue weighted by Gasteiger charge is -2.19. The fourth-order valence-electron chi connectivity index (χ4n) is 1.34. The van der Waals surface area contributed by atoms with E-state index >= 15 is 0 Å². The Hall–Kier alpha value is -0.0400. The van der Waals surface area contributed by atoms with E-state index in [1.54, 1.807) is 0 Å². The zero-order chi connectivity index (χ0) is 10.5. The minimum absolute atomic E-state index is 0.0973. The Bertz CT molecular complexity index is 122. The second kappa shape index (κ2) is 5.64. The third kappa shape index (κ3) is 8.29. The van der Waals surface area contributed by atoms with Gasteiger partial charge >= 0.3 is 0 Å². The Morgan fingerprint density at radius 1 is 1.08 bits per heavy atom. The molecule has 0 heterocycles. The summed E-state index contributed by atoms with van der Waals surface area (Å²) in [4.78, 5) is 0. The number of rotatable bonds is 5. The van der Waals surface area contributed by atoms with Crippen LogP contribution in [-0.2, 0) is 0 Å². The third-order valence-electron chi connectivity index (χ3n) is 2.45. The summed E-state index contributed by atoms with van der Waals surface area (Å²) in [6.45, 7) is 11.0. The van der Waals surface area contributed by atoms with Crippen molar-refractivity contribution in [1.29, 1.82) is 0 Å². The van der Waals surface area contributed by atoms with Gasteiger partial charge in [0.25, 0.3) is 0 Å². The molecular formula is C12H26O. The first-order valence-electron chi connectivity index (χ1n) is 5.51. The average Bonchev–Trinajstić information content (AvgIpc) is 1.95. The molecule has 1 unspecified atom stereocenters. The molecule has 1 atom stereocenters. The van der Waals surface area contributed by atoms with Crippen molar-refractivity contribution < 1.29 is 5.11 Å². The topological polar surface area (TPSA) is 20.2 Å². The number of aliphatic hydroxyl groups is 1. The van der Waals surface area contributed by atoms with Crippen molar-refractivity contribution in [3.63, 3.8) is 0 Å². The highest BCUT2D eigenvalue weighted by molar-refractivity contribution is 4.64. The second-order valence-electron chi connectivity index (χ2n) is 5.62. The molecule has 0 saturated heterocycles. The van der Waals surface area contributed by atoms with E-state index in [9.17, 15) is 5.11 Å². The van der Waals surface area contributed by atoms with Crippen LogP contribution in [0, 0.1) is 11.3 Å². The second-order valence-corrected chi connectivity index (χ2v) is 5.62. The van der Waals surface area contributed by atoms with Gasteiger partial charge in [0, 0.05) is 0 Å². The lowest BCUT2D eigenvalue weighted by atomic mass is 9.89. The van der Waals surface area contributed by atoms with Gasteiger partial charge in [0.2, 0.25) is 0 Å². The summed E-state index contributed by atoms with van der Waals surface area (Å²) in [5.74, 6) is 0.412. The predicted molar refractivity (Wildman–Crippen MR) is 58.8 cm³/mol. The van der Waals surface area contributed by atoms with Gasteiger partial charge in [-0.1, -0.05) is 47.5 Å². The lowest BCUT2D eigenvalue weighted by molar-refractivity contribution is 0.112. The van der Waals surface area contributed by atoms with Crippen molar-refractivity contribution in [2.24, 2.45) is 11.3 Å². The smallest absolute Gasteiger partial charge is 0.0563 e. The predicted octanol–water partition coefficient (Wildman–Crippen LogP) is 3.61. The largest absolute Gasteiger partial charge is 0.393 e. The van der Waals surface area contributed by atoms with E-state index in [-0.39, 0.29) is 6.10 Å². The van der Waals surface area contributed by atoms with E-state index in [1.807, 2.05) is 0 Å². The minimum atomic E-state index is -0.0973. The fraction of sp³-hybridized carbons (Fsp3) is 1.00. The Morgan fingerprint density at radius 3 is 2.00 bits per heavy atom. The molecule has 0 aromatic carbocycles. The van der Waals surface area contributed by atoms with Crippen LogP contribution in [0.25, 0.3) is 0 Å². The van der Waals surface area contributed by atoms with Crippen LogP contribution in [0.5, 0.6) is 0 Å². The summed E-state index contributed by atoms with van der Waals surface area (Å²) in [7, 11) is 0. The summed E-state index contributed by atoms with van der Waals surface area (Å²) in [6, 6.07) is 0. The SMILES string of the molecule is CC(C)C(O)CCCCC(C)(C)C. The highest BCUT2D eigenvalue weighted by atomic mass is 16.3. The lowest BCUT2D eigenvalue weighted by Crippen LogP contribution is -2.14. The molecule has 0 aromatic rings. The molecule has 0 amide bonds. The van der Waals surface area contributed by atoms with Gasteiger partial charge in [0.15, 0.2) is 0 Å². The molecule has 0 aliphatic rings. The molecule has 0 radical (unpaired) electrons. The molecule has 0 aliphatic heterocycles. The summed E-state index contributed by atoms with van der Waals surface area (Å²) >= 11 is 0. The molecular weight excluding hydrogens is 160 g/mol. The standard InChI is InChI=1S/C12H26O/c1-10(2)11(13)8-6-7-9-12(3,4)5/h10-11,13H,6-9H2,1-5H3. The van der Waals surface area contributed by atoms with Crippen molar-refractivity contribution in [3.05, 3.63) is 0 Å². The zero-order valence-electron chi connectivity index (χ0n) is 9.93. The van der Waals surface area contributed by atoms with Crippen LogP contribution in [0.4, 0.5) is 0 Å². The van der Waals surface area contributed by atoms with Crippen LogP contribution in [0.1, 0.15) is 60.3 Å². The molecule has 0 aromatic heterocycles. The van der Waals surface area contributed by atoms with Gasteiger partial charge in [0.05, 0.1) is 6.10 Å². The van der Waals surface area contributed by atoms with Gasteiger partial charge in [-0.3, -0.25) is 0 Å². The molecule has 1 nitrogen and oxygen atoms in total. The van der Waals surface area contributed by atoms with Gasteiger partial charge in [-0.15, -0.1) is 0 Å². The number of aliphatic hydroxyl groups excluding tert-OH is 1. The van der Waals surface area contributed by atoms with Crippen molar-refractivity contribution >= 4 is 0 Å². The van der Waals surface area contributed by atoms with Gasteiger partial charge in [0.1, 0.15) is 0 Å². The molecule has 0 rings (SSSR count). The first-order valence-corrected chi connectivity index (χ1v) is 5.51. The van der Waals surface area contributed by atoms with Crippen LogP contribution < -0.4 is 0 Å². The third-order valence-corrected chi connectivity index (χ3v) is 2.45. The highest BCUT2D eigenvalue weighted by Gasteiger charge is 2.11. The Morgan fingerprint density at radius 2 is 1.62 bits per heavy atom. The first kappa shape index (κ1) is 13.0. The molecule has 1 heteroatoms. The number of hydrogen-bond donors (Lipinski definition) is 1. The Balaban J connectivity index is 3.36. The summed E-state index contributed by atoms with van der Waals surface area (Å²) in [5, 5.41) is 9.56.